The molecule has 0 aliphatic carbocycles. The van der Waals surface area contributed by atoms with Crippen molar-refractivity contribution in [1.82, 2.24) is 20.4 Å². The fraction of sp³-hybridized carbons (Fsp3) is 0.174. The van der Waals surface area contributed by atoms with Gasteiger partial charge in [-0.05, 0) is 49.0 Å². The molecule has 0 spiro atoms. The van der Waals surface area contributed by atoms with E-state index in [0.717, 1.165) is 28.1 Å². The van der Waals surface area contributed by atoms with Crippen molar-refractivity contribution in [3.8, 4) is 17.1 Å². The second-order valence-electron chi connectivity index (χ2n) is 6.99. The summed E-state index contributed by atoms with van der Waals surface area (Å²) < 4.78 is 11.0. The average molecular weight is 453 g/mol. The van der Waals surface area contributed by atoms with Crippen molar-refractivity contribution < 1.29 is 9.26 Å². The van der Waals surface area contributed by atoms with Crippen LogP contribution in [0.15, 0.2) is 71.4 Å². The molecule has 1 unspecified atom stereocenters. The lowest BCUT2D eigenvalue weighted by Crippen LogP contribution is -2.45. The van der Waals surface area contributed by atoms with Gasteiger partial charge in [-0.3, -0.25) is 0 Å². The highest BCUT2D eigenvalue weighted by atomic mass is 35.5. The minimum atomic E-state index is -0.260. The standard InChI is InChI=1S/C23H21ClN4O2S/c1-4-12-28-14(2)19(20(25-23(28)31)15-8-10-17(24)11-9-15)22-26-21(27-30-22)16-6-5-7-18(13-16)29-3/h4-11,13,20H,1,12H2,2-3H3,(H,25,31). The molecule has 0 bridgehead atoms. The Morgan fingerprint density at radius 2 is 2.06 bits per heavy atom. The third-order valence-corrected chi connectivity index (χ3v) is 5.69. The van der Waals surface area contributed by atoms with Crippen LogP contribution in [0.2, 0.25) is 5.02 Å². The fourth-order valence-corrected chi connectivity index (χ4v) is 3.98. The number of halogens is 1. The third kappa shape index (κ3) is 4.19. The molecule has 1 N–H and O–H groups in total. The van der Waals surface area contributed by atoms with Gasteiger partial charge in [-0.15, -0.1) is 6.58 Å². The highest BCUT2D eigenvalue weighted by molar-refractivity contribution is 7.80. The molecule has 31 heavy (non-hydrogen) atoms. The number of thiocarbonyl (C=S) groups is 1. The van der Waals surface area contributed by atoms with Crippen molar-refractivity contribution in [2.75, 3.05) is 13.7 Å². The van der Waals surface area contributed by atoms with E-state index in [-0.39, 0.29) is 6.04 Å². The molecule has 4 rings (SSSR count). The van der Waals surface area contributed by atoms with Crippen LogP contribution >= 0.6 is 23.8 Å². The Morgan fingerprint density at radius 3 is 2.77 bits per heavy atom. The molecular weight excluding hydrogens is 432 g/mol. The second-order valence-corrected chi connectivity index (χ2v) is 7.81. The van der Waals surface area contributed by atoms with Crippen molar-refractivity contribution in [1.29, 1.82) is 0 Å². The number of rotatable bonds is 6. The van der Waals surface area contributed by atoms with E-state index in [4.69, 9.17) is 33.1 Å². The minimum absolute atomic E-state index is 0.260. The lowest BCUT2D eigenvalue weighted by Gasteiger charge is -2.36. The number of nitrogens with zero attached hydrogens (tertiary/aromatic N) is 3. The second kappa shape index (κ2) is 8.91. The van der Waals surface area contributed by atoms with Gasteiger partial charge < -0.3 is 19.5 Å². The van der Waals surface area contributed by atoms with Crippen LogP contribution < -0.4 is 10.1 Å². The number of aromatic nitrogens is 2. The van der Waals surface area contributed by atoms with Gasteiger partial charge in [0.15, 0.2) is 5.11 Å². The summed E-state index contributed by atoms with van der Waals surface area (Å²) in [6.45, 7) is 6.39. The van der Waals surface area contributed by atoms with E-state index in [1.807, 2.05) is 60.4 Å². The van der Waals surface area contributed by atoms with Gasteiger partial charge in [0.2, 0.25) is 5.82 Å². The third-order valence-electron chi connectivity index (χ3n) is 5.10. The first-order chi connectivity index (χ1) is 15.0. The molecule has 1 aromatic heterocycles. The maximum Gasteiger partial charge on any atom is 0.258 e. The van der Waals surface area contributed by atoms with Gasteiger partial charge in [0.05, 0.1) is 18.7 Å². The molecule has 2 aromatic carbocycles. The molecular formula is C23H21ClN4O2S. The Bertz CT molecular complexity index is 1160. The van der Waals surface area contributed by atoms with Gasteiger partial charge in [-0.25, -0.2) is 0 Å². The van der Waals surface area contributed by atoms with Gasteiger partial charge in [-0.1, -0.05) is 47.1 Å². The summed E-state index contributed by atoms with van der Waals surface area (Å²) in [6, 6.07) is 14.9. The van der Waals surface area contributed by atoms with Crippen LogP contribution in [0.5, 0.6) is 5.75 Å². The van der Waals surface area contributed by atoms with E-state index in [1.165, 1.54) is 0 Å². The smallest absolute Gasteiger partial charge is 0.258 e. The Balaban J connectivity index is 1.81. The lowest BCUT2D eigenvalue weighted by atomic mass is 9.95. The number of allylic oxidation sites excluding steroid dienone is 1. The van der Waals surface area contributed by atoms with Crippen LogP contribution in [0.25, 0.3) is 17.0 Å². The first-order valence-electron chi connectivity index (χ1n) is 9.65. The van der Waals surface area contributed by atoms with Crippen molar-refractivity contribution in [3.05, 3.63) is 83.4 Å². The molecule has 3 aromatic rings. The van der Waals surface area contributed by atoms with Gasteiger partial charge in [-0.2, -0.15) is 4.98 Å². The first-order valence-corrected chi connectivity index (χ1v) is 10.4. The number of hydrogen-bond donors (Lipinski definition) is 1. The molecule has 0 saturated carbocycles. The molecule has 0 amide bonds. The van der Waals surface area contributed by atoms with Gasteiger partial charge >= 0.3 is 0 Å². The normalized spacial score (nSPS) is 16.3. The number of benzene rings is 2. The topological polar surface area (TPSA) is 63.4 Å². The summed E-state index contributed by atoms with van der Waals surface area (Å²) in [5, 5.41) is 8.87. The molecule has 1 aliphatic heterocycles. The molecule has 1 atom stereocenters. The quantitative estimate of drug-likeness (QED) is 0.405. The van der Waals surface area contributed by atoms with E-state index in [1.54, 1.807) is 13.2 Å². The lowest BCUT2D eigenvalue weighted by molar-refractivity contribution is 0.399. The maximum absolute atomic E-state index is 6.09. The van der Waals surface area contributed by atoms with Crippen LogP contribution in [0, 0.1) is 0 Å². The average Bonchev–Trinajstić information content (AvgIpc) is 3.26. The highest BCUT2D eigenvalue weighted by Gasteiger charge is 2.33. The Kier molecular flexibility index (Phi) is 6.06. The molecule has 158 valence electrons. The molecule has 0 saturated heterocycles. The SMILES string of the molecule is C=CCN1C(=S)NC(c2ccc(Cl)cc2)C(c2nc(-c3cccc(OC)c3)no2)=C1C. The molecule has 0 radical (unpaired) electrons. The van der Waals surface area contributed by atoms with E-state index in [2.05, 4.69) is 22.0 Å². The van der Waals surface area contributed by atoms with E-state index < -0.39 is 0 Å². The Labute approximate surface area is 191 Å². The molecule has 2 heterocycles. The summed E-state index contributed by atoms with van der Waals surface area (Å²) in [5.41, 5.74) is 3.56. The van der Waals surface area contributed by atoms with Gasteiger partial charge in [0.1, 0.15) is 5.75 Å². The van der Waals surface area contributed by atoms with Gasteiger partial charge in [0, 0.05) is 22.8 Å². The monoisotopic (exact) mass is 452 g/mol. The molecule has 8 heteroatoms. The molecule has 1 aliphatic rings. The van der Waals surface area contributed by atoms with Crippen LogP contribution in [-0.2, 0) is 0 Å². The molecule has 6 nitrogen and oxygen atoms in total. The van der Waals surface area contributed by atoms with Crippen LogP contribution in [0.4, 0.5) is 0 Å². The van der Waals surface area contributed by atoms with E-state index in [0.29, 0.717) is 28.4 Å². The summed E-state index contributed by atoms with van der Waals surface area (Å²) in [6.07, 6.45) is 1.80. The van der Waals surface area contributed by atoms with Crippen molar-refractivity contribution in [3.63, 3.8) is 0 Å². The van der Waals surface area contributed by atoms with E-state index >= 15 is 0 Å². The molecule has 0 fully saturated rings. The van der Waals surface area contributed by atoms with Crippen molar-refractivity contribution in [2.24, 2.45) is 0 Å². The number of hydrogen-bond acceptors (Lipinski definition) is 5. The zero-order chi connectivity index (χ0) is 22.0. The van der Waals surface area contributed by atoms with Crippen molar-refractivity contribution in [2.45, 2.75) is 13.0 Å². The van der Waals surface area contributed by atoms with E-state index in [9.17, 15) is 0 Å². The maximum atomic E-state index is 6.09. The summed E-state index contributed by atoms with van der Waals surface area (Å²) in [5.74, 6) is 1.62. The zero-order valence-corrected chi connectivity index (χ0v) is 18.7. The predicted molar refractivity (Wildman–Crippen MR) is 126 cm³/mol. The summed E-state index contributed by atoms with van der Waals surface area (Å²) >= 11 is 11.7. The number of methoxy groups -OCH3 is 1. The van der Waals surface area contributed by atoms with Crippen LogP contribution in [-0.4, -0.2) is 33.8 Å². The van der Waals surface area contributed by atoms with Crippen LogP contribution in [0.1, 0.15) is 24.4 Å². The van der Waals surface area contributed by atoms with Gasteiger partial charge in [0.25, 0.3) is 5.89 Å². The number of ether oxygens (including phenoxy) is 1. The van der Waals surface area contributed by atoms with Crippen LogP contribution in [0.3, 0.4) is 0 Å². The summed E-state index contributed by atoms with van der Waals surface area (Å²) in [7, 11) is 1.62. The first kappa shape index (κ1) is 21.1. The predicted octanol–water partition coefficient (Wildman–Crippen LogP) is 5.25. The highest BCUT2D eigenvalue weighted by Crippen LogP contribution is 2.37. The minimum Gasteiger partial charge on any atom is -0.497 e. The Hall–Kier alpha value is -3.16. The fourth-order valence-electron chi connectivity index (χ4n) is 3.52. The summed E-state index contributed by atoms with van der Waals surface area (Å²) in [4.78, 5) is 6.65. The largest absolute Gasteiger partial charge is 0.497 e. The number of nitrogens with one attached hydrogen (secondary N) is 1. The Morgan fingerprint density at radius 1 is 1.29 bits per heavy atom. The van der Waals surface area contributed by atoms with Crippen molar-refractivity contribution >= 4 is 34.5 Å². The zero-order valence-electron chi connectivity index (χ0n) is 17.1.